The fraction of sp³-hybridized carbons (Fsp3) is 0.227. The van der Waals surface area contributed by atoms with Crippen molar-refractivity contribution in [3.8, 4) is 22.4 Å². The van der Waals surface area contributed by atoms with Gasteiger partial charge in [0.15, 0.2) is 6.20 Å². The van der Waals surface area contributed by atoms with E-state index in [9.17, 15) is 0 Å². The van der Waals surface area contributed by atoms with Crippen LogP contribution in [0.4, 0.5) is 0 Å². The summed E-state index contributed by atoms with van der Waals surface area (Å²) in [6.07, 6.45) is 2.22. The van der Waals surface area contributed by atoms with E-state index >= 15 is 0 Å². The fourth-order valence-corrected chi connectivity index (χ4v) is 3.00. The molecule has 116 valence electrons. The molecule has 0 saturated heterocycles. The van der Waals surface area contributed by atoms with E-state index in [1.165, 1.54) is 33.5 Å². The second-order valence-electron chi connectivity index (χ2n) is 6.51. The molecule has 0 N–H and O–H groups in total. The maximum absolute atomic E-state index is 2.30. The minimum atomic E-state index is 0.551. The molecule has 1 heteroatoms. The largest absolute Gasteiger partial charge is 0.212 e. The highest BCUT2D eigenvalue weighted by atomic mass is 14.9. The Labute approximate surface area is 139 Å². The van der Waals surface area contributed by atoms with E-state index in [4.69, 9.17) is 0 Å². The van der Waals surface area contributed by atoms with Gasteiger partial charge in [0.2, 0.25) is 5.69 Å². The van der Waals surface area contributed by atoms with Gasteiger partial charge in [-0.1, -0.05) is 56.3 Å². The summed E-state index contributed by atoms with van der Waals surface area (Å²) in [6.45, 7) is 6.64. The summed E-state index contributed by atoms with van der Waals surface area (Å²) in [4.78, 5) is 0. The molecule has 0 fully saturated rings. The van der Waals surface area contributed by atoms with Crippen molar-refractivity contribution in [1.82, 2.24) is 0 Å². The summed E-state index contributed by atoms with van der Waals surface area (Å²) in [5.74, 6) is 0.551. The van der Waals surface area contributed by atoms with Gasteiger partial charge >= 0.3 is 0 Å². The van der Waals surface area contributed by atoms with E-state index in [0.29, 0.717) is 5.92 Å². The van der Waals surface area contributed by atoms with Crippen molar-refractivity contribution in [3.05, 3.63) is 78.0 Å². The Kier molecular flexibility index (Phi) is 4.29. The maximum atomic E-state index is 2.30. The van der Waals surface area contributed by atoms with Crippen LogP contribution in [0, 0.1) is 6.92 Å². The van der Waals surface area contributed by atoms with Crippen LogP contribution in [-0.2, 0) is 7.05 Å². The molecule has 0 aliphatic carbocycles. The van der Waals surface area contributed by atoms with Crippen molar-refractivity contribution in [1.29, 1.82) is 0 Å². The van der Waals surface area contributed by atoms with E-state index in [2.05, 4.69) is 99.2 Å². The van der Waals surface area contributed by atoms with Crippen molar-refractivity contribution in [2.75, 3.05) is 0 Å². The number of aryl methyl sites for hydroxylation is 2. The van der Waals surface area contributed by atoms with Crippen LogP contribution in [0.25, 0.3) is 22.4 Å². The first-order valence-corrected chi connectivity index (χ1v) is 8.22. The van der Waals surface area contributed by atoms with Crippen LogP contribution in [0.15, 0.2) is 66.9 Å². The summed E-state index contributed by atoms with van der Waals surface area (Å²) >= 11 is 0. The van der Waals surface area contributed by atoms with Crippen LogP contribution < -0.4 is 4.57 Å². The van der Waals surface area contributed by atoms with Crippen molar-refractivity contribution < 1.29 is 4.57 Å². The summed E-state index contributed by atoms with van der Waals surface area (Å²) in [6, 6.07) is 21.8. The third-order valence-corrected chi connectivity index (χ3v) is 4.44. The molecule has 2 aromatic carbocycles. The Balaban J connectivity index is 2.03. The van der Waals surface area contributed by atoms with E-state index in [0.717, 1.165) is 0 Å². The highest BCUT2D eigenvalue weighted by Crippen LogP contribution is 2.25. The van der Waals surface area contributed by atoms with Gasteiger partial charge in [0.25, 0.3) is 0 Å². The van der Waals surface area contributed by atoms with Crippen molar-refractivity contribution in [2.24, 2.45) is 7.05 Å². The number of pyridine rings is 1. The number of benzene rings is 2. The molecule has 23 heavy (non-hydrogen) atoms. The first-order chi connectivity index (χ1) is 11.1. The van der Waals surface area contributed by atoms with Crippen molar-refractivity contribution in [3.63, 3.8) is 0 Å². The van der Waals surface area contributed by atoms with Gasteiger partial charge in [-0.15, -0.1) is 0 Å². The monoisotopic (exact) mass is 302 g/mol. The predicted octanol–water partition coefficient (Wildman–Crippen LogP) is 5.28. The Bertz CT molecular complexity index is 831. The van der Waals surface area contributed by atoms with E-state index in [1.807, 2.05) is 0 Å². The molecule has 3 rings (SSSR count). The summed E-state index contributed by atoms with van der Waals surface area (Å²) < 4.78 is 2.22. The summed E-state index contributed by atoms with van der Waals surface area (Å²) in [5, 5.41) is 0. The summed E-state index contributed by atoms with van der Waals surface area (Å²) in [5.41, 5.74) is 7.76. The lowest BCUT2D eigenvalue weighted by Crippen LogP contribution is -2.30. The Hall–Kier alpha value is -2.41. The lowest BCUT2D eigenvalue weighted by Gasteiger charge is -2.09. The third kappa shape index (κ3) is 3.19. The predicted molar refractivity (Wildman–Crippen MR) is 97.3 cm³/mol. The molecule has 0 aliphatic rings. The molecule has 1 heterocycles. The van der Waals surface area contributed by atoms with Crippen LogP contribution in [0.5, 0.6) is 0 Å². The lowest BCUT2D eigenvalue weighted by atomic mass is 9.97. The van der Waals surface area contributed by atoms with Gasteiger partial charge in [0, 0.05) is 17.2 Å². The minimum absolute atomic E-state index is 0.551. The maximum Gasteiger partial charge on any atom is 0.212 e. The highest BCUT2D eigenvalue weighted by Gasteiger charge is 2.13. The Morgan fingerprint density at radius 2 is 1.61 bits per heavy atom. The molecule has 1 nitrogen and oxygen atoms in total. The first-order valence-electron chi connectivity index (χ1n) is 8.22. The molecular formula is C22H24N+. The van der Waals surface area contributed by atoms with Crippen molar-refractivity contribution in [2.45, 2.75) is 26.7 Å². The number of hydrogen-bond acceptors (Lipinski definition) is 0. The van der Waals surface area contributed by atoms with Crippen LogP contribution in [-0.4, -0.2) is 0 Å². The minimum Gasteiger partial charge on any atom is -0.200 e. The Morgan fingerprint density at radius 3 is 2.30 bits per heavy atom. The van der Waals surface area contributed by atoms with E-state index < -0.39 is 0 Å². The molecule has 0 amide bonds. The molecule has 1 aromatic heterocycles. The lowest BCUT2D eigenvalue weighted by molar-refractivity contribution is -0.659. The van der Waals surface area contributed by atoms with Gasteiger partial charge in [0.1, 0.15) is 7.05 Å². The molecule has 0 radical (unpaired) electrons. The molecule has 0 bridgehead atoms. The van der Waals surface area contributed by atoms with Gasteiger partial charge in [-0.05, 0) is 41.7 Å². The van der Waals surface area contributed by atoms with Gasteiger partial charge in [-0.25, -0.2) is 4.57 Å². The van der Waals surface area contributed by atoms with E-state index in [-0.39, 0.29) is 0 Å². The normalized spacial score (nSPS) is 11.0. The van der Waals surface area contributed by atoms with E-state index in [1.54, 1.807) is 0 Å². The smallest absolute Gasteiger partial charge is 0.200 e. The quantitative estimate of drug-likeness (QED) is 0.580. The van der Waals surface area contributed by atoms with Gasteiger partial charge in [-0.2, -0.15) is 0 Å². The van der Waals surface area contributed by atoms with Gasteiger partial charge < -0.3 is 0 Å². The van der Waals surface area contributed by atoms with Crippen LogP contribution in [0.1, 0.15) is 30.9 Å². The van der Waals surface area contributed by atoms with Crippen molar-refractivity contribution >= 4 is 0 Å². The second-order valence-corrected chi connectivity index (χ2v) is 6.51. The SMILES string of the molecule is Cc1ccccc1-c1ccc(-c2cccc(C(C)C)c2)c[n+]1C. The second kappa shape index (κ2) is 6.37. The molecular weight excluding hydrogens is 278 g/mol. The molecule has 0 spiro atoms. The number of nitrogens with zero attached hydrogens (tertiary/aromatic N) is 1. The average Bonchev–Trinajstić information content (AvgIpc) is 2.56. The fourth-order valence-electron chi connectivity index (χ4n) is 3.00. The first kappa shape index (κ1) is 15.5. The number of aromatic nitrogens is 1. The van der Waals surface area contributed by atoms with Gasteiger partial charge in [-0.3, -0.25) is 0 Å². The number of hydrogen-bond donors (Lipinski definition) is 0. The zero-order chi connectivity index (χ0) is 16.4. The Morgan fingerprint density at radius 1 is 0.826 bits per heavy atom. The average molecular weight is 302 g/mol. The molecule has 0 saturated carbocycles. The number of rotatable bonds is 3. The zero-order valence-electron chi connectivity index (χ0n) is 14.4. The molecule has 0 aliphatic heterocycles. The topological polar surface area (TPSA) is 3.88 Å². The van der Waals surface area contributed by atoms with Crippen LogP contribution in [0.2, 0.25) is 0 Å². The highest BCUT2D eigenvalue weighted by molar-refractivity contribution is 5.66. The molecule has 0 unspecified atom stereocenters. The van der Waals surface area contributed by atoms with Crippen LogP contribution in [0.3, 0.4) is 0 Å². The summed E-state index contributed by atoms with van der Waals surface area (Å²) in [7, 11) is 2.12. The van der Waals surface area contributed by atoms with Crippen LogP contribution >= 0.6 is 0 Å². The molecule has 0 atom stereocenters. The zero-order valence-corrected chi connectivity index (χ0v) is 14.4. The third-order valence-electron chi connectivity index (χ3n) is 4.44. The van der Waals surface area contributed by atoms with Gasteiger partial charge in [0.05, 0.1) is 0 Å². The standard InChI is InChI=1S/C22H24N/c1-16(2)18-9-7-10-19(14-18)20-12-13-22(23(4)15-20)21-11-6-5-8-17(21)3/h5-16H,1-4H3/q+1. The molecule has 3 aromatic rings.